The first-order valence-electron chi connectivity index (χ1n) is 4.52. The highest BCUT2D eigenvalue weighted by Crippen LogP contribution is 2.16. The second-order valence-corrected chi connectivity index (χ2v) is 5.85. The fraction of sp³-hybridized carbons (Fsp3) is 0.625. The molecule has 5 nitrogen and oxygen atoms in total. The van der Waals surface area contributed by atoms with Crippen LogP contribution in [0.25, 0.3) is 0 Å². The second-order valence-electron chi connectivity index (χ2n) is 3.69. The zero-order valence-corrected chi connectivity index (χ0v) is 8.71. The third-order valence-electron chi connectivity index (χ3n) is 2.42. The van der Waals surface area contributed by atoms with Gasteiger partial charge in [0.1, 0.15) is 0 Å². The van der Waals surface area contributed by atoms with Crippen molar-refractivity contribution in [1.29, 1.82) is 0 Å². The number of hydrogen-bond acceptors (Lipinski definition) is 4. The molecular weight excluding hydrogens is 202 g/mol. The number of hydrogen-bond donors (Lipinski definition) is 2. The van der Waals surface area contributed by atoms with Crippen LogP contribution in [0, 0.1) is 0 Å². The number of nitrogens with zero attached hydrogens (tertiary/aromatic N) is 1. The fourth-order valence-corrected chi connectivity index (χ4v) is 2.93. The van der Waals surface area contributed by atoms with Gasteiger partial charge in [0, 0.05) is 23.8 Å². The number of nitrogens with one attached hydrogen (secondary N) is 2. The summed E-state index contributed by atoms with van der Waals surface area (Å²) in [5.74, 6) is 0.518. The Hall–Kier alpha value is -0.880. The van der Waals surface area contributed by atoms with Crippen LogP contribution in [0.5, 0.6) is 0 Å². The van der Waals surface area contributed by atoms with Crippen LogP contribution >= 0.6 is 0 Å². The summed E-state index contributed by atoms with van der Waals surface area (Å²) in [7, 11) is -2.73. The molecule has 1 saturated heterocycles. The van der Waals surface area contributed by atoms with Crippen molar-refractivity contribution in [2.24, 2.45) is 0 Å². The molecule has 0 bridgehead atoms. The Morgan fingerprint density at radius 3 is 2.86 bits per heavy atom. The van der Waals surface area contributed by atoms with Crippen LogP contribution in [-0.2, 0) is 9.84 Å². The molecule has 1 aliphatic rings. The number of aromatic nitrogens is 2. The molecule has 0 aromatic carbocycles. The predicted octanol–water partition coefficient (Wildman–Crippen LogP) is -0.143. The standard InChI is InChI=1S/C8H13N3O2S/c1-6(7-2-9-10-3-7)11-8-4-14(12,13)5-8/h2-3,6,8,11H,4-5H2,1H3,(H,9,10). The van der Waals surface area contributed by atoms with Crippen LogP contribution in [-0.4, -0.2) is 36.2 Å². The molecule has 2 N–H and O–H groups in total. The third kappa shape index (κ3) is 1.96. The normalized spacial score (nSPS) is 22.9. The molecule has 0 radical (unpaired) electrons. The summed E-state index contributed by atoms with van der Waals surface area (Å²) in [6, 6.07) is 0.249. The Bertz CT molecular complexity index is 386. The van der Waals surface area contributed by atoms with E-state index in [4.69, 9.17) is 0 Å². The number of H-pyrrole nitrogens is 1. The first-order chi connectivity index (χ1) is 6.57. The first kappa shape index (κ1) is 9.67. The molecule has 0 amide bonds. The van der Waals surface area contributed by atoms with Gasteiger partial charge in [-0.2, -0.15) is 5.10 Å². The van der Waals surface area contributed by atoms with Crippen molar-refractivity contribution in [3.05, 3.63) is 18.0 Å². The molecule has 2 heterocycles. The first-order valence-corrected chi connectivity index (χ1v) is 6.34. The van der Waals surface area contributed by atoms with Gasteiger partial charge in [0.2, 0.25) is 0 Å². The largest absolute Gasteiger partial charge is 0.305 e. The molecule has 0 aliphatic carbocycles. The molecule has 14 heavy (non-hydrogen) atoms. The number of rotatable bonds is 3. The Labute approximate surface area is 82.8 Å². The fourth-order valence-electron chi connectivity index (χ4n) is 1.61. The monoisotopic (exact) mass is 215 g/mol. The molecule has 1 aromatic rings. The maximum absolute atomic E-state index is 10.9. The Morgan fingerprint density at radius 1 is 1.64 bits per heavy atom. The van der Waals surface area contributed by atoms with E-state index < -0.39 is 9.84 Å². The summed E-state index contributed by atoms with van der Waals surface area (Å²) >= 11 is 0. The molecule has 0 saturated carbocycles. The average molecular weight is 215 g/mol. The van der Waals surface area contributed by atoms with Crippen LogP contribution in [0.1, 0.15) is 18.5 Å². The van der Waals surface area contributed by atoms with Crippen molar-refractivity contribution in [3.8, 4) is 0 Å². The van der Waals surface area contributed by atoms with Gasteiger partial charge in [-0.1, -0.05) is 0 Å². The van der Waals surface area contributed by atoms with Gasteiger partial charge in [-0.15, -0.1) is 0 Å². The summed E-state index contributed by atoms with van der Waals surface area (Å²) in [6.07, 6.45) is 3.55. The maximum atomic E-state index is 10.9. The molecule has 1 unspecified atom stereocenters. The van der Waals surface area contributed by atoms with E-state index in [9.17, 15) is 8.42 Å². The lowest BCUT2D eigenvalue weighted by Crippen LogP contribution is -2.51. The summed E-state index contributed by atoms with van der Waals surface area (Å²) in [5, 5.41) is 9.80. The van der Waals surface area contributed by atoms with Gasteiger partial charge in [-0.05, 0) is 6.92 Å². The summed E-state index contributed by atoms with van der Waals surface area (Å²) in [5.41, 5.74) is 1.05. The van der Waals surface area contributed by atoms with Crippen LogP contribution in [0.15, 0.2) is 12.4 Å². The minimum atomic E-state index is -2.73. The van der Waals surface area contributed by atoms with Gasteiger partial charge in [-0.25, -0.2) is 8.42 Å². The highest BCUT2D eigenvalue weighted by Gasteiger charge is 2.33. The predicted molar refractivity (Wildman–Crippen MR) is 52.6 cm³/mol. The summed E-state index contributed by atoms with van der Waals surface area (Å²) < 4.78 is 21.8. The zero-order chi connectivity index (χ0) is 10.2. The van der Waals surface area contributed by atoms with Crippen LogP contribution < -0.4 is 5.32 Å². The molecular formula is C8H13N3O2S. The lowest BCUT2D eigenvalue weighted by Gasteiger charge is -2.29. The van der Waals surface area contributed by atoms with Crippen LogP contribution in [0.4, 0.5) is 0 Å². The van der Waals surface area contributed by atoms with Crippen molar-refractivity contribution in [2.45, 2.75) is 19.0 Å². The van der Waals surface area contributed by atoms with E-state index >= 15 is 0 Å². The minimum absolute atomic E-state index is 0.102. The molecule has 1 fully saturated rings. The third-order valence-corrected chi connectivity index (χ3v) is 4.24. The molecule has 6 heteroatoms. The van der Waals surface area contributed by atoms with Crippen LogP contribution in [0.3, 0.4) is 0 Å². The smallest absolute Gasteiger partial charge is 0.153 e. The van der Waals surface area contributed by atoms with E-state index in [1.807, 2.05) is 13.1 Å². The van der Waals surface area contributed by atoms with Crippen molar-refractivity contribution in [1.82, 2.24) is 15.5 Å². The molecule has 1 aromatic heterocycles. The van der Waals surface area contributed by atoms with E-state index in [1.54, 1.807) is 6.20 Å². The maximum Gasteiger partial charge on any atom is 0.153 e. The van der Waals surface area contributed by atoms with E-state index in [0.29, 0.717) is 0 Å². The van der Waals surface area contributed by atoms with E-state index in [1.165, 1.54) is 0 Å². The van der Waals surface area contributed by atoms with Gasteiger partial charge in [0.25, 0.3) is 0 Å². The highest BCUT2D eigenvalue weighted by atomic mass is 32.2. The molecule has 2 rings (SSSR count). The second kappa shape index (κ2) is 3.36. The van der Waals surface area contributed by atoms with E-state index in [-0.39, 0.29) is 23.6 Å². The summed E-state index contributed by atoms with van der Waals surface area (Å²) in [6.45, 7) is 2.00. The molecule has 78 valence electrons. The van der Waals surface area contributed by atoms with Gasteiger partial charge in [0.05, 0.1) is 17.7 Å². The van der Waals surface area contributed by atoms with Crippen molar-refractivity contribution < 1.29 is 8.42 Å². The Balaban J connectivity index is 1.88. The van der Waals surface area contributed by atoms with Crippen LogP contribution in [0.2, 0.25) is 0 Å². The van der Waals surface area contributed by atoms with Gasteiger partial charge in [0.15, 0.2) is 9.84 Å². The van der Waals surface area contributed by atoms with Crippen molar-refractivity contribution >= 4 is 9.84 Å². The quantitative estimate of drug-likeness (QED) is 0.735. The van der Waals surface area contributed by atoms with E-state index in [0.717, 1.165) is 5.56 Å². The van der Waals surface area contributed by atoms with Gasteiger partial charge < -0.3 is 5.32 Å². The Morgan fingerprint density at radius 2 is 2.36 bits per heavy atom. The highest BCUT2D eigenvalue weighted by molar-refractivity contribution is 7.92. The summed E-state index contributed by atoms with van der Waals surface area (Å²) in [4.78, 5) is 0. The molecule has 1 aliphatic heterocycles. The molecule has 0 spiro atoms. The zero-order valence-electron chi connectivity index (χ0n) is 7.90. The molecule has 1 atom stereocenters. The van der Waals surface area contributed by atoms with E-state index in [2.05, 4.69) is 15.5 Å². The van der Waals surface area contributed by atoms with Crippen molar-refractivity contribution in [2.75, 3.05) is 11.5 Å². The number of sulfone groups is 1. The van der Waals surface area contributed by atoms with Gasteiger partial charge in [-0.3, -0.25) is 5.10 Å². The van der Waals surface area contributed by atoms with Crippen molar-refractivity contribution in [3.63, 3.8) is 0 Å². The topological polar surface area (TPSA) is 74.8 Å². The average Bonchev–Trinajstić information content (AvgIpc) is 2.51. The lowest BCUT2D eigenvalue weighted by molar-refractivity contribution is 0.468. The number of aromatic amines is 1. The lowest BCUT2D eigenvalue weighted by atomic mass is 10.2. The minimum Gasteiger partial charge on any atom is -0.305 e. The van der Waals surface area contributed by atoms with Gasteiger partial charge >= 0.3 is 0 Å². The Kier molecular flexibility index (Phi) is 2.32. The SMILES string of the molecule is CC(NC1CS(=O)(=O)C1)c1cn[nH]c1.